The molecular formula is C18H17N3O5S. The van der Waals surface area contributed by atoms with Gasteiger partial charge in [0.15, 0.2) is 0 Å². The summed E-state index contributed by atoms with van der Waals surface area (Å²) in [4.78, 5) is 24.5. The minimum absolute atomic E-state index is 0.0564. The van der Waals surface area contributed by atoms with Crippen molar-refractivity contribution in [1.82, 2.24) is 10.0 Å². The quantitative estimate of drug-likeness (QED) is 0.555. The van der Waals surface area contributed by atoms with Crippen molar-refractivity contribution >= 4 is 32.8 Å². The first-order valence-electron chi connectivity index (χ1n) is 8.00. The number of hydrogen-bond donors (Lipinski definition) is 3. The summed E-state index contributed by atoms with van der Waals surface area (Å²) >= 11 is 0. The van der Waals surface area contributed by atoms with Gasteiger partial charge in [0.05, 0.1) is 23.4 Å². The van der Waals surface area contributed by atoms with Crippen molar-refractivity contribution in [3.8, 4) is 0 Å². The molecule has 0 atom stereocenters. The van der Waals surface area contributed by atoms with Gasteiger partial charge in [-0.15, -0.1) is 0 Å². The summed E-state index contributed by atoms with van der Waals surface area (Å²) in [5.74, 6) is -0.531. The van der Waals surface area contributed by atoms with Crippen LogP contribution >= 0.6 is 0 Å². The Labute approximate surface area is 155 Å². The van der Waals surface area contributed by atoms with E-state index < -0.39 is 21.7 Å². The molecule has 1 amide bonds. The molecule has 0 aliphatic rings. The molecule has 0 saturated heterocycles. The van der Waals surface area contributed by atoms with E-state index in [1.54, 1.807) is 36.4 Å². The van der Waals surface area contributed by atoms with Crippen LogP contribution < -0.4 is 20.4 Å². The predicted octanol–water partition coefficient (Wildman–Crippen LogP) is 1.60. The first-order chi connectivity index (χ1) is 12.9. The Kier molecular flexibility index (Phi) is 5.24. The molecule has 0 bridgehead atoms. The third kappa shape index (κ3) is 4.33. The number of amides is 1. The molecule has 0 radical (unpaired) electrons. The van der Waals surface area contributed by atoms with Gasteiger partial charge in [0.1, 0.15) is 5.58 Å². The number of fused-ring (bicyclic) bond motifs is 1. The standard InChI is InChI=1S/C18H17N3O5S/c1-19-27(24,25)21-15-8-4-3-7-14(15)17(22)20-11-13-10-12-6-2-5-9-16(12)26-18(13)23/h2-10,19,21H,11H2,1H3,(H,20,22). The van der Waals surface area contributed by atoms with Crippen LogP contribution in [0.2, 0.25) is 0 Å². The van der Waals surface area contributed by atoms with E-state index >= 15 is 0 Å². The predicted molar refractivity (Wildman–Crippen MR) is 102 cm³/mol. The first kappa shape index (κ1) is 18.6. The second-order valence-corrected chi connectivity index (χ2v) is 7.25. The van der Waals surface area contributed by atoms with Crippen molar-refractivity contribution in [2.24, 2.45) is 0 Å². The molecule has 0 saturated carbocycles. The second kappa shape index (κ2) is 7.60. The Balaban J connectivity index is 1.81. The number of anilines is 1. The number of nitrogens with one attached hydrogen (secondary N) is 3. The summed E-state index contributed by atoms with van der Waals surface area (Å²) in [5.41, 5.74) is 0.453. The molecule has 2 aromatic carbocycles. The summed E-state index contributed by atoms with van der Waals surface area (Å²) in [6.45, 7) is -0.0564. The minimum Gasteiger partial charge on any atom is -0.422 e. The van der Waals surface area contributed by atoms with Crippen LogP contribution in [0.15, 0.2) is 63.8 Å². The third-order valence-electron chi connectivity index (χ3n) is 3.84. The van der Waals surface area contributed by atoms with Gasteiger partial charge < -0.3 is 9.73 Å². The molecule has 8 nitrogen and oxygen atoms in total. The van der Waals surface area contributed by atoms with E-state index in [9.17, 15) is 18.0 Å². The highest BCUT2D eigenvalue weighted by Crippen LogP contribution is 2.17. The highest BCUT2D eigenvalue weighted by molar-refractivity contribution is 7.90. The van der Waals surface area contributed by atoms with Gasteiger partial charge in [-0.2, -0.15) is 8.42 Å². The van der Waals surface area contributed by atoms with E-state index in [1.165, 1.54) is 19.2 Å². The molecular weight excluding hydrogens is 370 g/mol. The van der Waals surface area contributed by atoms with Crippen molar-refractivity contribution in [3.05, 3.63) is 76.1 Å². The number of benzene rings is 2. The van der Waals surface area contributed by atoms with Crippen LogP contribution in [-0.2, 0) is 16.8 Å². The molecule has 0 aliphatic heterocycles. The minimum atomic E-state index is -3.77. The summed E-state index contributed by atoms with van der Waals surface area (Å²) in [5, 5.41) is 3.35. The SMILES string of the molecule is CNS(=O)(=O)Nc1ccccc1C(=O)NCc1cc2ccccc2oc1=O. The zero-order valence-corrected chi connectivity index (χ0v) is 15.2. The molecule has 1 heterocycles. The Morgan fingerprint density at radius 2 is 1.78 bits per heavy atom. The van der Waals surface area contributed by atoms with Crippen molar-refractivity contribution in [3.63, 3.8) is 0 Å². The molecule has 27 heavy (non-hydrogen) atoms. The fourth-order valence-corrected chi connectivity index (χ4v) is 3.03. The van der Waals surface area contributed by atoms with Crippen LogP contribution in [0.4, 0.5) is 5.69 Å². The van der Waals surface area contributed by atoms with Crippen molar-refractivity contribution in [2.75, 3.05) is 11.8 Å². The molecule has 3 rings (SSSR count). The van der Waals surface area contributed by atoms with E-state index in [0.29, 0.717) is 5.58 Å². The van der Waals surface area contributed by atoms with E-state index in [1.807, 2.05) is 6.07 Å². The second-order valence-electron chi connectivity index (χ2n) is 5.63. The Morgan fingerprint density at radius 3 is 2.56 bits per heavy atom. The van der Waals surface area contributed by atoms with E-state index in [-0.39, 0.29) is 23.4 Å². The highest BCUT2D eigenvalue weighted by Gasteiger charge is 2.15. The smallest absolute Gasteiger partial charge is 0.341 e. The van der Waals surface area contributed by atoms with Gasteiger partial charge in [0.2, 0.25) is 0 Å². The Morgan fingerprint density at radius 1 is 1.07 bits per heavy atom. The van der Waals surface area contributed by atoms with E-state index in [4.69, 9.17) is 4.42 Å². The molecule has 3 aromatic rings. The maximum atomic E-state index is 12.5. The number of para-hydroxylation sites is 2. The van der Waals surface area contributed by atoms with Gasteiger partial charge in [-0.05, 0) is 24.3 Å². The van der Waals surface area contributed by atoms with E-state index in [2.05, 4.69) is 14.8 Å². The van der Waals surface area contributed by atoms with Crippen molar-refractivity contribution in [2.45, 2.75) is 6.54 Å². The largest absolute Gasteiger partial charge is 0.422 e. The molecule has 0 fully saturated rings. The summed E-state index contributed by atoms with van der Waals surface area (Å²) < 4.78 is 33.0. The van der Waals surface area contributed by atoms with E-state index in [0.717, 1.165) is 5.39 Å². The highest BCUT2D eigenvalue weighted by atomic mass is 32.2. The topological polar surface area (TPSA) is 118 Å². The fourth-order valence-electron chi connectivity index (χ4n) is 2.46. The van der Waals surface area contributed by atoms with Crippen LogP contribution in [0.25, 0.3) is 11.0 Å². The van der Waals surface area contributed by atoms with Crippen molar-refractivity contribution < 1.29 is 17.6 Å². The maximum absolute atomic E-state index is 12.5. The van der Waals surface area contributed by atoms with Crippen LogP contribution in [0, 0.1) is 0 Å². The summed E-state index contributed by atoms with van der Waals surface area (Å²) in [6.07, 6.45) is 0. The number of carbonyl (C=O) groups excluding carboxylic acids is 1. The monoisotopic (exact) mass is 387 g/mol. The van der Waals surface area contributed by atoms with Gasteiger partial charge in [-0.3, -0.25) is 9.52 Å². The number of carbonyl (C=O) groups is 1. The molecule has 9 heteroatoms. The summed E-state index contributed by atoms with van der Waals surface area (Å²) in [7, 11) is -2.52. The zero-order valence-electron chi connectivity index (χ0n) is 14.4. The zero-order chi connectivity index (χ0) is 19.4. The first-order valence-corrected chi connectivity index (χ1v) is 9.48. The van der Waals surface area contributed by atoms with Gasteiger partial charge in [-0.1, -0.05) is 30.3 Å². The van der Waals surface area contributed by atoms with Gasteiger partial charge in [-0.25, -0.2) is 9.52 Å². The lowest BCUT2D eigenvalue weighted by Gasteiger charge is -2.12. The fraction of sp³-hybridized carbons (Fsp3) is 0.111. The van der Waals surface area contributed by atoms with Gasteiger partial charge in [0, 0.05) is 12.4 Å². The van der Waals surface area contributed by atoms with Crippen LogP contribution in [0.1, 0.15) is 15.9 Å². The molecule has 140 valence electrons. The maximum Gasteiger partial charge on any atom is 0.341 e. The third-order valence-corrected chi connectivity index (χ3v) is 4.86. The average molecular weight is 387 g/mol. The lowest BCUT2D eigenvalue weighted by molar-refractivity contribution is 0.0951. The van der Waals surface area contributed by atoms with Gasteiger partial charge >= 0.3 is 5.63 Å². The lowest BCUT2D eigenvalue weighted by Crippen LogP contribution is -2.30. The average Bonchev–Trinajstić information content (AvgIpc) is 2.66. The van der Waals surface area contributed by atoms with Crippen LogP contribution in [-0.4, -0.2) is 21.4 Å². The molecule has 0 aliphatic carbocycles. The lowest BCUT2D eigenvalue weighted by atomic mass is 10.1. The Hall–Kier alpha value is -3.17. The van der Waals surface area contributed by atoms with Crippen LogP contribution in [0.3, 0.4) is 0 Å². The number of rotatable bonds is 6. The normalized spacial score (nSPS) is 11.3. The molecule has 3 N–H and O–H groups in total. The van der Waals surface area contributed by atoms with Gasteiger partial charge in [0.25, 0.3) is 16.1 Å². The summed E-state index contributed by atoms with van der Waals surface area (Å²) in [6, 6.07) is 14.9. The molecule has 1 aromatic heterocycles. The van der Waals surface area contributed by atoms with Crippen LogP contribution in [0.5, 0.6) is 0 Å². The molecule has 0 spiro atoms. The number of hydrogen-bond acceptors (Lipinski definition) is 5. The van der Waals surface area contributed by atoms with Crippen molar-refractivity contribution in [1.29, 1.82) is 0 Å². The Bertz CT molecular complexity index is 1150. The molecule has 0 unspecified atom stereocenters.